The number of nitrogens with zero attached hydrogens (tertiary/aromatic N) is 1. The zero-order valence-electron chi connectivity index (χ0n) is 14.2. The van der Waals surface area contributed by atoms with E-state index in [4.69, 9.17) is 4.74 Å². The SMILES string of the molecule is CCCOc1ccc(CCC(=O)N2CCC(NC)CC2)cc1.Cl. The van der Waals surface area contributed by atoms with Crippen LogP contribution in [0.1, 0.15) is 38.2 Å². The minimum absolute atomic E-state index is 0. The van der Waals surface area contributed by atoms with E-state index in [2.05, 4.69) is 24.4 Å². The molecule has 0 saturated carbocycles. The molecule has 5 heteroatoms. The molecule has 1 saturated heterocycles. The van der Waals surface area contributed by atoms with Crippen LogP contribution in [0.4, 0.5) is 0 Å². The highest BCUT2D eigenvalue weighted by molar-refractivity contribution is 5.85. The lowest BCUT2D eigenvalue weighted by molar-refractivity contribution is -0.132. The Morgan fingerprint density at radius 3 is 2.48 bits per heavy atom. The molecule has 0 spiro atoms. The van der Waals surface area contributed by atoms with Gasteiger partial charge in [0.2, 0.25) is 5.91 Å². The first-order valence-electron chi connectivity index (χ1n) is 8.39. The van der Waals surface area contributed by atoms with Crippen LogP contribution in [0.3, 0.4) is 0 Å². The van der Waals surface area contributed by atoms with Gasteiger partial charge >= 0.3 is 0 Å². The Kier molecular flexibility index (Phi) is 9.03. The second kappa shape index (κ2) is 10.5. The standard InChI is InChI=1S/C18H28N2O2.ClH/c1-3-14-22-17-7-4-15(5-8-17)6-9-18(21)20-12-10-16(19-2)11-13-20;/h4-5,7-8,16,19H,3,6,9-14H2,1-2H3;1H. The van der Waals surface area contributed by atoms with Crippen LogP contribution in [0.2, 0.25) is 0 Å². The topological polar surface area (TPSA) is 41.6 Å². The highest BCUT2D eigenvalue weighted by Crippen LogP contribution is 2.15. The Balaban J connectivity index is 0.00000264. The molecule has 23 heavy (non-hydrogen) atoms. The van der Waals surface area contributed by atoms with Crippen molar-refractivity contribution >= 4 is 18.3 Å². The summed E-state index contributed by atoms with van der Waals surface area (Å²) in [4.78, 5) is 14.3. The Hall–Kier alpha value is -1.26. The van der Waals surface area contributed by atoms with E-state index in [1.165, 1.54) is 5.56 Å². The number of carbonyl (C=O) groups excluding carboxylic acids is 1. The molecule has 1 aromatic rings. The Labute approximate surface area is 146 Å². The monoisotopic (exact) mass is 340 g/mol. The van der Waals surface area contributed by atoms with Crippen molar-refractivity contribution < 1.29 is 9.53 Å². The first-order chi connectivity index (χ1) is 10.7. The first kappa shape index (κ1) is 19.8. The molecule has 1 fully saturated rings. The average molecular weight is 341 g/mol. The number of amides is 1. The van der Waals surface area contributed by atoms with Gasteiger partial charge in [-0.1, -0.05) is 19.1 Å². The zero-order chi connectivity index (χ0) is 15.8. The van der Waals surface area contributed by atoms with E-state index in [-0.39, 0.29) is 18.3 Å². The quantitative estimate of drug-likeness (QED) is 0.829. The molecule has 2 rings (SSSR count). The summed E-state index contributed by atoms with van der Waals surface area (Å²) in [5, 5.41) is 3.29. The van der Waals surface area contributed by atoms with Gasteiger partial charge in [0.05, 0.1) is 6.61 Å². The molecule has 4 nitrogen and oxygen atoms in total. The number of likely N-dealkylation sites (tertiary alicyclic amines) is 1. The third-order valence-corrected chi connectivity index (χ3v) is 4.28. The smallest absolute Gasteiger partial charge is 0.222 e. The molecule has 0 aliphatic carbocycles. The molecule has 0 aromatic heterocycles. The Bertz CT molecular complexity index is 457. The summed E-state index contributed by atoms with van der Waals surface area (Å²) < 4.78 is 5.57. The lowest BCUT2D eigenvalue weighted by Gasteiger charge is -2.31. The van der Waals surface area contributed by atoms with E-state index < -0.39 is 0 Å². The van der Waals surface area contributed by atoms with E-state index in [0.717, 1.165) is 51.1 Å². The fraction of sp³-hybridized carbons (Fsp3) is 0.611. The lowest BCUT2D eigenvalue weighted by Crippen LogP contribution is -2.44. The van der Waals surface area contributed by atoms with Gasteiger partial charge in [0.25, 0.3) is 0 Å². The molecular formula is C18H29ClN2O2. The van der Waals surface area contributed by atoms with Crippen molar-refractivity contribution in [3.05, 3.63) is 29.8 Å². The maximum absolute atomic E-state index is 12.3. The molecule has 1 heterocycles. The second-order valence-electron chi connectivity index (χ2n) is 5.94. The maximum atomic E-state index is 12.3. The number of rotatable bonds is 7. The van der Waals surface area contributed by atoms with Crippen LogP contribution in [0.15, 0.2) is 24.3 Å². The van der Waals surface area contributed by atoms with Crippen molar-refractivity contribution in [2.24, 2.45) is 0 Å². The van der Waals surface area contributed by atoms with Gasteiger partial charge in [-0.15, -0.1) is 12.4 Å². The zero-order valence-corrected chi connectivity index (χ0v) is 15.0. The number of aryl methyl sites for hydroxylation is 1. The van der Waals surface area contributed by atoms with E-state index in [0.29, 0.717) is 12.5 Å². The van der Waals surface area contributed by atoms with Gasteiger partial charge in [-0.05, 0) is 50.4 Å². The first-order valence-corrected chi connectivity index (χ1v) is 8.39. The van der Waals surface area contributed by atoms with Crippen LogP contribution < -0.4 is 10.1 Å². The van der Waals surface area contributed by atoms with Crippen molar-refractivity contribution in [2.75, 3.05) is 26.7 Å². The number of piperidine rings is 1. The number of benzene rings is 1. The summed E-state index contributed by atoms with van der Waals surface area (Å²) >= 11 is 0. The molecule has 1 aromatic carbocycles. The van der Waals surface area contributed by atoms with Gasteiger partial charge in [0, 0.05) is 25.6 Å². The molecule has 0 bridgehead atoms. The van der Waals surface area contributed by atoms with Crippen LogP contribution in [-0.4, -0.2) is 43.6 Å². The van der Waals surface area contributed by atoms with Gasteiger partial charge in [0.1, 0.15) is 5.75 Å². The number of nitrogens with one attached hydrogen (secondary N) is 1. The van der Waals surface area contributed by atoms with Gasteiger partial charge in [0.15, 0.2) is 0 Å². The summed E-state index contributed by atoms with van der Waals surface area (Å²) in [6.45, 7) is 4.61. The molecule has 0 atom stereocenters. The van der Waals surface area contributed by atoms with Crippen LogP contribution in [0.25, 0.3) is 0 Å². The predicted molar refractivity (Wildman–Crippen MR) is 96.5 cm³/mol. The molecule has 1 amide bonds. The van der Waals surface area contributed by atoms with E-state index in [1.54, 1.807) is 0 Å². The Morgan fingerprint density at radius 2 is 1.91 bits per heavy atom. The third-order valence-electron chi connectivity index (χ3n) is 4.28. The maximum Gasteiger partial charge on any atom is 0.222 e. The average Bonchev–Trinajstić information content (AvgIpc) is 2.58. The summed E-state index contributed by atoms with van der Waals surface area (Å²) in [6, 6.07) is 8.68. The van der Waals surface area contributed by atoms with E-state index >= 15 is 0 Å². The predicted octanol–water partition coefficient (Wildman–Crippen LogP) is 3.04. The van der Waals surface area contributed by atoms with Crippen molar-refractivity contribution in [2.45, 2.75) is 45.1 Å². The number of hydrogen-bond acceptors (Lipinski definition) is 3. The summed E-state index contributed by atoms with van der Waals surface area (Å²) in [5.41, 5.74) is 1.20. The summed E-state index contributed by atoms with van der Waals surface area (Å²) in [5.74, 6) is 1.19. The number of carbonyl (C=O) groups is 1. The van der Waals surface area contributed by atoms with Gasteiger partial charge in [-0.25, -0.2) is 0 Å². The van der Waals surface area contributed by atoms with Crippen LogP contribution in [-0.2, 0) is 11.2 Å². The molecule has 1 N–H and O–H groups in total. The molecule has 130 valence electrons. The molecular weight excluding hydrogens is 312 g/mol. The fourth-order valence-electron chi connectivity index (χ4n) is 2.80. The summed E-state index contributed by atoms with van der Waals surface area (Å²) in [6.07, 6.45) is 4.54. The van der Waals surface area contributed by atoms with Crippen LogP contribution >= 0.6 is 12.4 Å². The molecule has 0 unspecified atom stereocenters. The number of ether oxygens (including phenoxy) is 1. The summed E-state index contributed by atoms with van der Waals surface area (Å²) in [7, 11) is 2.00. The van der Waals surface area contributed by atoms with Crippen LogP contribution in [0.5, 0.6) is 5.75 Å². The van der Waals surface area contributed by atoms with Crippen molar-refractivity contribution in [1.82, 2.24) is 10.2 Å². The minimum atomic E-state index is 0. The second-order valence-corrected chi connectivity index (χ2v) is 5.94. The highest BCUT2D eigenvalue weighted by Gasteiger charge is 2.21. The molecule has 0 radical (unpaired) electrons. The van der Waals surface area contributed by atoms with Crippen molar-refractivity contribution in [1.29, 1.82) is 0 Å². The number of halogens is 1. The van der Waals surface area contributed by atoms with Gasteiger partial charge < -0.3 is 15.0 Å². The van der Waals surface area contributed by atoms with Gasteiger partial charge in [-0.3, -0.25) is 4.79 Å². The highest BCUT2D eigenvalue weighted by atomic mass is 35.5. The fourth-order valence-corrected chi connectivity index (χ4v) is 2.80. The van der Waals surface area contributed by atoms with Gasteiger partial charge in [-0.2, -0.15) is 0 Å². The minimum Gasteiger partial charge on any atom is -0.494 e. The van der Waals surface area contributed by atoms with Crippen molar-refractivity contribution in [3.8, 4) is 5.75 Å². The molecule has 1 aliphatic rings. The van der Waals surface area contributed by atoms with Crippen LogP contribution in [0, 0.1) is 0 Å². The largest absolute Gasteiger partial charge is 0.494 e. The third kappa shape index (κ3) is 6.40. The normalized spacial score (nSPS) is 15.1. The van der Waals surface area contributed by atoms with E-state index in [9.17, 15) is 4.79 Å². The van der Waals surface area contributed by atoms with E-state index in [1.807, 2.05) is 24.1 Å². The Morgan fingerprint density at radius 1 is 1.26 bits per heavy atom. The number of hydrogen-bond donors (Lipinski definition) is 1. The van der Waals surface area contributed by atoms with Crippen molar-refractivity contribution in [3.63, 3.8) is 0 Å². The lowest BCUT2D eigenvalue weighted by atomic mass is 10.0. The molecule has 1 aliphatic heterocycles.